The van der Waals surface area contributed by atoms with Crippen molar-refractivity contribution in [3.05, 3.63) is 29.9 Å². The zero-order chi connectivity index (χ0) is 11.3. The number of halogens is 1. The Morgan fingerprint density at radius 3 is 3.07 bits per heavy atom. The standard InChI is InChI=1S/C10H13FN2O2/c1-2-15-10(14)6-4-8-7(12)3-5-9(11)13-8/h3-6,10,14H,2,12H2,1H3/b6-4+. The maximum absolute atomic E-state index is 12.7. The molecule has 0 fully saturated rings. The summed E-state index contributed by atoms with van der Waals surface area (Å²) in [7, 11) is 0. The molecule has 0 bridgehead atoms. The van der Waals surface area contributed by atoms with E-state index < -0.39 is 12.2 Å². The van der Waals surface area contributed by atoms with E-state index in [0.717, 1.165) is 0 Å². The number of ether oxygens (including phenoxy) is 1. The van der Waals surface area contributed by atoms with E-state index in [1.165, 1.54) is 24.3 Å². The number of nitrogens with zero attached hydrogens (tertiary/aromatic N) is 1. The molecule has 1 aromatic heterocycles. The maximum Gasteiger partial charge on any atom is 0.213 e. The van der Waals surface area contributed by atoms with Crippen molar-refractivity contribution < 1.29 is 14.2 Å². The summed E-state index contributed by atoms with van der Waals surface area (Å²) in [5.41, 5.74) is 6.16. The molecule has 0 saturated heterocycles. The lowest BCUT2D eigenvalue weighted by Crippen LogP contribution is -2.07. The fourth-order valence-electron chi connectivity index (χ4n) is 0.994. The van der Waals surface area contributed by atoms with Gasteiger partial charge in [-0.3, -0.25) is 0 Å². The van der Waals surface area contributed by atoms with Gasteiger partial charge in [0.1, 0.15) is 0 Å². The molecule has 1 heterocycles. The van der Waals surface area contributed by atoms with Crippen LogP contribution in [0, 0.1) is 5.95 Å². The number of nitrogen functional groups attached to an aromatic ring is 1. The lowest BCUT2D eigenvalue weighted by atomic mass is 10.3. The van der Waals surface area contributed by atoms with Gasteiger partial charge in [-0.05, 0) is 31.2 Å². The van der Waals surface area contributed by atoms with Crippen molar-refractivity contribution in [2.24, 2.45) is 0 Å². The van der Waals surface area contributed by atoms with E-state index in [2.05, 4.69) is 4.98 Å². The van der Waals surface area contributed by atoms with Crippen molar-refractivity contribution in [3.63, 3.8) is 0 Å². The van der Waals surface area contributed by atoms with Crippen LogP contribution in [0.5, 0.6) is 0 Å². The highest BCUT2D eigenvalue weighted by molar-refractivity contribution is 5.60. The number of hydrogen-bond acceptors (Lipinski definition) is 4. The SMILES string of the molecule is CCOC(O)/C=C/c1nc(F)ccc1N. The third-order valence-electron chi connectivity index (χ3n) is 1.68. The van der Waals surface area contributed by atoms with E-state index >= 15 is 0 Å². The second-order valence-corrected chi connectivity index (χ2v) is 2.81. The average molecular weight is 212 g/mol. The Morgan fingerprint density at radius 1 is 1.67 bits per heavy atom. The van der Waals surface area contributed by atoms with Crippen LogP contribution in [0.3, 0.4) is 0 Å². The van der Waals surface area contributed by atoms with Crippen molar-refractivity contribution >= 4 is 11.8 Å². The Hall–Kier alpha value is -1.46. The van der Waals surface area contributed by atoms with Gasteiger partial charge in [-0.1, -0.05) is 0 Å². The monoisotopic (exact) mass is 212 g/mol. The van der Waals surface area contributed by atoms with Crippen LogP contribution in [0.4, 0.5) is 10.1 Å². The normalized spacial score (nSPS) is 13.3. The second kappa shape index (κ2) is 5.43. The Kier molecular flexibility index (Phi) is 4.20. The van der Waals surface area contributed by atoms with Gasteiger partial charge in [-0.2, -0.15) is 4.39 Å². The van der Waals surface area contributed by atoms with E-state index in [1.54, 1.807) is 6.92 Å². The second-order valence-electron chi connectivity index (χ2n) is 2.81. The lowest BCUT2D eigenvalue weighted by molar-refractivity contribution is -0.0581. The molecule has 4 nitrogen and oxygen atoms in total. The molecule has 0 aliphatic carbocycles. The molecule has 1 aromatic rings. The average Bonchev–Trinajstić information content (AvgIpc) is 2.20. The summed E-state index contributed by atoms with van der Waals surface area (Å²) in [6, 6.07) is 2.58. The summed E-state index contributed by atoms with van der Waals surface area (Å²) in [6.45, 7) is 2.14. The predicted molar refractivity (Wildman–Crippen MR) is 55.3 cm³/mol. The maximum atomic E-state index is 12.7. The molecule has 1 rings (SSSR count). The van der Waals surface area contributed by atoms with Crippen LogP contribution in [0.15, 0.2) is 18.2 Å². The first-order valence-corrected chi connectivity index (χ1v) is 4.53. The van der Waals surface area contributed by atoms with Crippen LogP contribution >= 0.6 is 0 Å². The smallest absolute Gasteiger partial charge is 0.213 e. The minimum absolute atomic E-state index is 0.272. The van der Waals surface area contributed by atoms with Crippen LogP contribution in [0.2, 0.25) is 0 Å². The minimum Gasteiger partial charge on any atom is -0.397 e. The van der Waals surface area contributed by atoms with Crippen molar-refractivity contribution in [1.29, 1.82) is 0 Å². The molecule has 0 aliphatic rings. The molecular formula is C10H13FN2O2. The van der Waals surface area contributed by atoms with Gasteiger partial charge in [-0.25, -0.2) is 4.98 Å². The van der Waals surface area contributed by atoms with Crippen LogP contribution < -0.4 is 5.73 Å². The molecule has 5 heteroatoms. The molecule has 0 aliphatic heterocycles. The molecule has 1 unspecified atom stereocenters. The summed E-state index contributed by atoms with van der Waals surface area (Å²) in [5, 5.41) is 9.20. The molecular weight excluding hydrogens is 199 g/mol. The number of aliphatic hydroxyl groups is 1. The third kappa shape index (κ3) is 3.65. The number of rotatable bonds is 4. The summed E-state index contributed by atoms with van der Waals surface area (Å²) < 4.78 is 17.6. The van der Waals surface area contributed by atoms with Crippen molar-refractivity contribution in [2.75, 3.05) is 12.3 Å². The van der Waals surface area contributed by atoms with Gasteiger partial charge in [0.25, 0.3) is 0 Å². The van der Waals surface area contributed by atoms with E-state index in [9.17, 15) is 9.50 Å². The third-order valence-corrected chi connectivity index (χ3v) is 1.68. The fraction of sp³-hybridized carbons (Fsp3) is 0.300. The topological polar surface area (TPSA) is 68.4 Å². The Morgan fingerprint density at radius 2 is 2.40 bits per heavy atom. The lowest BCUT2D eigenvalue weighted by Gasteiger charge is -2.04. The number of anilines is 1. The zero-order valence-corrected chi connectivity index (χ0v) is 8.35. The summed E-state index contributed by atoms with van der Waals surface area (Å²) in [6.07, 6.45) is 1.74. The highest BCUT2D eigenvalue weighted by Gasteiger charge is 2.01. The van der Waals surface area contributed by atoms with E-state index in [1.807, 2.05) is 0 Å². The van der Waals surface area contributed by atoms with Gasteiger partial charge in [0.15, 0.2) is 6.29 Å². The summed E-state index contributed by atoms with van der Waals surface area (Å²) in [4.78, 5) is 3.56. The Balaban J connectivity index is 2.75. The first-order valence-electron chi connectivity index (χ1n) is 4.53. The van der Waals surface area contributed by atoms with Crippen molar-refractivity contribution in [3.8, 4) is 0 Å². The van der Waals surface area contributed by atoms with Crippen LogP contribution in [0.1, 0.15) is 12.6 Å². The van der Waals surface area contributed by atoms with E-state index in [0.29, 0.717) is 12.3 Å². The van der Waals surface area contributed by atoms with Crippen molar-refractivity contribution in [1.82, 2.24) is 4.98 Å². The molecule has 0 saturated carbocycles. The van der Waals surface area contributed by atoms with Gasteiger partial charge in [0.05, 0.1) is 11.4 Å². The van der Waals surface area contributed by atoms with Crippen molar-refractivity contribution in [2.45, 2.75) is 13.2 Å². The molecule has 0 aromatic carbocycles. The quantitative estimate of drug-likeness (QED) is 0.580. The summed E-state index contributed by atoms with van der Waals surface area (Å²) >= 11 is 0. The van der Waals surface area contributed by atoms with Crippen LogP contribution in [-0.2, 0) is 4.74 Å². The first-order chi connectivity index (χ1) is 7.13. The van der Waals surface area contributed by atoms with Gasteiger partial charge in [0.2, 0.25) is 5.95 Å². The van der Waals surface area contributed by atoms with E-state index in [4.69, 9.17) is 10.5 Å². The zero-order valence-electron chi connectivity index (χ0n) is 8.35. The number of nitrogens with two attached hydrogens (primary N) is 1. The molecule has 0 radical (unpaired) electrons. The number of pyridine rings is 1. The fourth-order valence-corrected chi connectivity index (χ4v) is 0.994. The number of aliphatic hydroxyl groups excluding tert-OH is 1. The highest BCUT2D eigenvalue weighted by Crippen LogP contribution is 2.11. The first kappa shape index (κ1) is 11.6. The molecule has 0 spiro atoms. The molecule has 82 valence electrons. The molecule has 15 heavy (non-hydrogen) atoms. The molecule has 3 N–H and O–H groups in total. The minimum atomic E-state index is -1.03. The number of aromatic nitrogens is 1. The largest absolute Gasteiger partial charge is 0.397 e. The van der Waals surface area contributed by atoms with Crippen LogP contribution in [0.25, 0.3) is 6.08 Å². The molecule has 0 amide bonds. The number of hydrogen-bond donors (Lipinski definition) is 2. The van der Waals surface area contributed by atoms with Crippen LogP contribution in [-0.4, -0.2) is 23.0 Å². The molecule has 1 atom stereocenters. The highest BCUT2D eigenvalue weighted by atomic mass is 19.1. The summed E-state index contributed by atoms with van der Waals surface area (Å²) in [5.74, 6) is -0.616. The predicted octanol–water partition coefficient (Wildman–Crippen LogP) is 1.17. The Bertz CT molecular complexity index is 355. The van der Waals surface area contributed by atoms with Gasteiger partial charge in [-0.15, -0.1) is 0 Å². The Labute approximate surface area is 87.2 Å². The van der Waals surface area contributed by atoms with Gasteiger partial charge in [0, 0.05) is 6.61 Å². The van der Waals surface area contributed by atoms with E-state index in [-0.39, 0.29) is 5.69 Å². The van der Waals surface area contributed by atoms with Gasteiger partial charge >= 0.3 is 0 Å². The van der Waals surface area contributed by atoms with Gasteiger partial charge < -0.3 is 15.6 Å².